The van der Waals surface area contributed by atoms with E-state index in [0.717, 1.165) is 66.9 Å². The zero-order valence-electron chi connectivity index (χ0n) is 30.7. The van der Waals surface area contributed by atoms with Crippen LogP contribution in [0.1, 0.15) is 0 Å². The van der Waals surface area contributed by atoms with Crippen molar-refractivity contribution in [1.29, 1.82) is 0 Å². The number of hydrogen-bond acceptors (Lipinski definition) is 5. The van der Waals surface area contributed by atoms with Crippen LogP contribution in [0.25, 0.3) is 83.6 Å². The van der Waals surface area contributed by atoms with Gasteiger partial charge in [0.1, 0.15) is 5.58 Å². The lowest BCUT2D eigenvalue weighted by Crippen LogP contribution is -2.10. The number of fused-ring (bicyclic) bond motifs is 6. The van der Waals surface area contributed by atoms with E-state index >= 15 is 0 Å². The molecule has 6 nitrogen and oxygen atoms in total. The Bertz CT molecular complexity index is 3170. The van der Waals surface area contributed by atoms with Gasteiger partial charge < -0.3 is 13.9 Å². The minimum absolute atomic E-state index is 0.582. The highest BCUT2D eigenvalue weighted by molar-refractivity contribution is 6.13. The minimum atomic E-state index is 0.582. The van der Waals surface area contributed by atoms with Crippen molar-refractivity contribution in [3.63, 3.8) is 0 Å². The van der Waals surface area contributed by atoms with Gasteiger partial charge in [-0.2, -0.15) is 0 Å². The lowest BCUT2D eigenvalue weighted by atomic mass is 10.1. The number of benzene rings is 8. The molecule has 0 aliphatic rings. The van der Waals surface area contributed by atoms with Crippen molar-refractivity contribution < 1.29 is 4.42 Å². The van der Waals surface area contributed by atoms with Crippen LogP contribution in [0.2, 0.25) is 0 Å². The number of hydrogen-bond donors (Lipinski definition) is 0. The van der Waals surface area contributed by atoms with E-state index in [1.54, 1.807) is 0 Å². The van der Waals surface area contributed by atoms with Crippen molar-refractivity contribution in [2.75, 3.05) is 4.90 Å². The minimum Gasteiger partial charge on any atom is -0.454 e. The van der Waals surface area contributed by atoms with Gasteiger partial charge >= 0.3 is 0 Å². The van der Waals surface area contributed by atoms with Crippen LogP contribution in [-0.2, 0) is 0 Å². The molecule has 0 spiro atoms. The Kier molecular flexibility index (Phi) is 7.71. The monoisotopic (exact) mass is 731 g/mol. The zero-order chi connectivity index (χ0) is 37.7. The summed E-state index contributed by atoms with van der Waals surface area (Å²) in [5, 5.41) is 4.46. The molecule has 0 aliphatic heterocycles. The van der Waals surface area contributed by atoms with E-state index in [9.17, 15) is 0 Å². The molecule has 11 aromatic rings. The second-order valence-electron chi connectivity index (χ2n) is 14.1. The van der Waals surface area contributed by atoms with E-state index in [0.29, 0.717) is 17.5 Å². The fourth-order valence-corrected chi connectivity index (χ4v) is 7.99. The predicted molar refractivity (Wildman–Crippen MR) is 232 cm³/mol. The lowest BCUT2D eigenvalue weighted by Gasteiger charge is -2.25. The summed E-state index contributed by atoms with van der Waals surface area (Å²) in [5.41, 5.74) is 10.7. The molecular weight excluding hydrogens is 699 g/mol. The predicted octanol–water partition coefficient (Wildman–Crippen LogP) is 13.3. The molecule has 0 N–H and O–H groups in total. The zero-order valence-corrected chi connectivity index (χ0v) is 30.7. The van der Waals surface area contributed by atoms with Crippen LogP contribution in [0.3, 0.4) is 0 Å². The molecule has 0 radical (unpaired) electrons. The van der Waals surface area contributed by atoms with Crippen molar-refractivity contribution in [3.8, 4) is 39.9 Å². The van der Waals surface area contributed by atoms with Crippen LogP contribution >= 0.6 is 0 Å². The van der Waals surface area contributed by atoms with Crippen LogP contribution in [0.15, 0.2) is 205 Å². The summed E-state index contributed by atoms with van der Waals surface area (Å²) in [4.78, 5) is 17.1. The molecular formula is C51H33N5O. The third-order valence-corrected chi connectivity index (χ3v) is 10.6. The maximum atomic E-state index is 6.91. The first kappa shape index (κ1) is 32.6. The normalized spacial score (nSPS) is 11.5. The first-order valence-corrected chi connectivity index (χ1v) is 19.0. The van der Waals surface area contributed by atoms with E-state index < -0.39 is 0 Å². The molecule has 0 fully saturated rings. The van der Waals surface area contributed by atoms with Gasteiger partial charge in [-0.15, -0.1) is 0 Å². The van der Waals surface area contributed by atoms with E-state index in [1.165, 1.54) is 16.3 Å². The number of anilines is 3. The molecule has 0 unspecified atom stereocenters. The molecule has 0 saturated carbocycles. The summed E-state index contributed by atoms with van der Waals surface area (Å²) in [7, 11) is 0. The summed E-state index contributed by atoms with van der Waals surface area (Å²) in [5.74, 6) is 1.82. The standard InChI is InChI=1S/C51H33N5O/c1-5-16-34(17-6-1)49-52-50(35-18-7-2-8-19-35)54-51(53-49)36-28-30-42-43-25-15-27-45(48(43)57-47(42)32-36)55(37-20-9-3-10-21-37)39-29-31-41-40-24-13-14-26-44(40)56(46(41)33-39)38-22-11-4-12-23-38/h1-33H. The second-order valence-corrected chi connectivity index (χ2v) is 14.1. The third kappa shape index (κ3) is 5.62. The highest BCUT2D eigenvalue weighted by Gasteiger charge is 2.22. The Morgan fingerprint density at radius 3 is 1.65 bits per heavy atom. The van der Waals surface area contributed by atoms with Gasteiger partial charge in [0.05, 0.1) is 16.7 Å². The maximum Gasteiger partial charge on any atom is 0.164 e. The number of nitrogens with zero attached hydrogens (tertiary/aromatic N) is 5. The average Bonchev–Trinajstić information content (AvgIpc) is 3.83. The van der Waals surface area contributed by atoms with Gasteiger partial charge in [-0.05, 0) is 60.7 Å². The largest absolute Gasteiger partial charge is 0.454 e. The molecule has 6 heteroatoms. The lowest BCUT2D eigenvalue weighted by molar-refractivity contribution is 0.669. The van der Waals surface area contributed by atoms with Crippen molar-refractivity contribution in [2.45, 2.75) is 0 Å². The summed E-state index contributed by atoms with van der Waals surface area (Å²) in [6, 6.07) is 69.2. The smallest absolute Gasteiger partial charge is 0.164 e. The van der Waals surface area contributed by atoms with Gasteiger partial charge in [-0.1, -0.05) is 140 Å². The first-order chi connectivity index (χ1) is 28.3. The molecule has 8 aromatic carbocycles. The van der Waals surface area contributed by atoms with Crippen LogP contribution in [0.5, 0.6) is 0 Å². The van der Waals surface area contributed by atoms with Gasteiger partial charge in [-0.3, -0.25) is 0 Å². The highest BCUT2D eigenvalue weighted by Crippen LogP contribution is 2.44. The summed E-state index contributed by atoms with van der Waals surface area (Å²) < 4.78 is 9.27. The van der Waals surface area contributed by atoms with Crippen LogP contribution in [-0.4, -0.2) is 19.5 Å². The van der Waals surface area contributed by atoms with Crippen molar-refractivity contribution >= 4 is 60.8 Å². The Morgan fingerprint density at radius 2 is 0.947 bits per heavy atom. The highest BCUT2D eigenvalue weighted by atomic mass is 16.3. The third-order valence-electron chi connectivity index (χ3n) is 10.6. The van der Waals surface area contributed by atoms with E-state index in [1.807, 2.05) is 60.7 Å². The molecule has 0 atom stereocenters. The van der Waals surface area contributed by atoms with Gasteiger partial charge in [-0.25, -0.2) is 15.0 Å². The molecule has 0 saturated heterocycles. The van der Waals surface area contributed by atoms with Crippen LogP contribution < -0.4 is 4.90 Å². The fraction of sp³-hybridized carbons (Fsp3) is 0. The maximum absolute atomic E-state index is 6.91. The van der Waals surface area contributed by atoms with E-state index in [2.05, 4.69) is 149 Å². The Balaban J connectivity index is 1.09. The molecule has 3 heterocycles. The van der Waals surface area contributed by atoms with E-state index in [-0.39, 0.29) is 0 Å². The molecule has 0 aliphatic carbocycles. The number of rotatable bonds is 7. The van der Waals surface area contributed by atoms with Gasteiger partial charge in [0, 0.05) is 55.3 Å². The summed E-state index contributed by atoms with van der Waals surface area (Å²) in [6.07, 6.45) is 0. The van der Waals surface area contributed by atoms with Crippen molar-refractivity contribution in [1.82, 2.24) is 19.5 Å². The van der Waals surface area contributed by atoms with Crippen LogP contribution in [0.4, 0.5) is 17.1 Å². The summed E-state index contributed by atoms with van der Waals surface area (Å²) >= 11 is 0. The second kappa shape index (κ2) is 13.5. The summed E-state index contributed by atoms with van der Waals surface area (Å²) in [6.45, 7) is 0. The SMILES string of the molecule is c1ccc(-c2nc(-c3ccccc3)nc(-c3ccc4c(c3)oc3c(N(c5ccccc5)c5ccc6c7ccccc7n(-c7ccccc7)c6c5)cccc34)n2)cc1. The number of furan rings is 1. The topological polar surface area (TPSA) is 60.0 Å². The molecule has 11 rings (SSSR count). The molecule has 0 amide bonds. The van der Waals surface area contributed by atoms with Gasteiger partial charge in [0.2, 0.25) is 0 Å². The van der Waals surface area contributed by atoms with Crippen molar-refractivity contribution in [3.05, 3.63) is 200 Å². The average molecular weight is 732 g/mol. The molecule has 3 aromatic heterocycles. The fourth-order valence-electron chi connectivity index (χ4n) is 7.99. The number of para-hydroxylation sites is 4. The quantitative estimate of drug-likeness (QED) is 0.163. The van der Waals surface area contributed by atoms with Gasteiger partial charge in [0.15, 0.2) is 23.1 Å². The van der Waals surface area contributed by atoms with E-state index in [4.69, 9.17) is 19.4 Å². The Hall–Kier alpha value is -7.83. The van der Waals surface area contributed by atoms with Gasteiger partial charge in [0.25, 0.3) is 0 Å². The first-order valence-electron chi connectivity index (χ1n) is 19.0. The molecule has 0 bridgehead atoms. The molecule has 57 heavy (non-hydrogen) atoms. The van der Waals surface area contributed by atoms with Crippen LogP contribution in [0, 0.1) is 0 Å². The Labute approximate surface area is 328 Å². The van der Waals surface area contributed by atoms with Crippen molar-refractivity contribution in [2.24, 2.45) is 0 Å². The molecule has 268 valence electrons. The number of aromatic nitrogens is 4. The Morgan fingerprint density at radius 1 is 0.386 bits per heavy atom.